The van der Waals surface area contributed by atoms with E-state index in [1.807, 2.05) is 12.1 Å². The molecule has 2 N–H and O–H groups in total. The highest BCUT2D eigenvalue weighted by Crippen LogP contribution is 2.30. The second-order valence-electron chi connectivity index (χ2n) is 6.05. The zero-order valence-corrected chi connectivity index (χ0v) is 12.8. The van der Waals surface area contributed by atoms with E-state index in [-0.39, 0.29) is 0 Å². The molecule has 3 rings (SSSR count). The van der Waals surface area contributed by atoms with Crippen molar-refractivity contribution in [3.8, 4) is 0 Å². The zero-order chi connectivity index (χ0) is 14.7. The molecule has 1 aliphatic carbocycles. The molecule has 0 atom stereocenters. The van der Waals surface area contributed by atoms with Crippen molar-refractivity contribution in [2.75, 3.05) is 5.73 Å². The third-order valence-electron chi connectivity index (χ3n) is 4.22. The highest BCUT2D eigenvalue weighted by atomic mass is 15.2. The first kappa shape index (κ1) is 14.2. The van der Waals surface area contributed by atoms with E-state index in [9.17, 15) is 0 Å². The Morgan fingerprint density at radius 3 is 2.24 bits per heavy atom. The molecule has 0 aromatic heterocycles. The number of benzene rings is 2. The number of rotatable bonds is 6. The van der Waals surface area contributed by atoms with Gasteiger partial charge >= 0.3 is 0 Å². The summed E-state index contributed by atoms with van der Waals surface area (Å²) in [5, 5.41) is 0. The molecule has 0 spiro atoms. The lowest BCUT2D eigenvalue weighted by Gasteiger charge is -2.22. The number of hydrogen-bond donors (Lipinski definition) is 1. The van der Waals surface area contributed by atoms with Gasteiger partial charge in [-0.25, -0.2) is 0 Å². The standard InChI is InChI=1S/C19H24N2/c1-2-15-6-8-16(9-7-15)13-21(19-10-11-19)14-17-4-3-5-18(20)12-17/h3-9,12,19H,2,10-11,13-14,20H2,1H3. The van der Waals surface area contributed by atoms with Gasteiger partial charge < -0.3 is 5.73 Å². The molecule has 0 radical (unpaired) electrons. The first-order chi connectivity index (χ1) is 10.2. The van der Waals surface area contributed by atoms with Gasteiger partial charge in [-0.05, 0) is 48.1 Å². The molecule has 1 saturated carbocycles. The van der Waals surface area contributed by atoms with E-state index in [1.165, 1.54) is 29.5 Å². The Morgan fingerprint density at radius 2 is 1.62 bits per heavy atom. The van der Waals surface area contributed by atoms with E-state index in [0.717, 1.165) is 31.2 Å². The van der Waals surface area contributed by atoms with E-state index in [4.69, 9.17) is 5.73 Å². The molecule has 0 aliphatic heterocycles. The fourth-order valence-electron chi connectivity index (χ4n) is 2.79. The molecule has 21 heavy (non-hydrogen) atoms. The van der Waals surface area contributed by atoms with Crippen LogP contribution in [0.3, 0.4) is 0 Å². The molecule has 0 unspecified atom stereocenters. The fraction of sp³-hybridized carbons (Fsp3) is 0.368. The molecule has 2 aromatic carbocycles. The van der Waals surface area contributed by atoms with Gasteiger partial charge in [0.05, 0.1) is 0 Å². The summed E-state index contributed by atoms with van der Waals surface area (Å²) >= 11 is 0. The van der Waals surface area contributed by atoms with Crippen molar-refractivity contribution >= 4 is 5.69 Å². The van der Waals surface area contributed by atoms with Gasteiger partial charge in [-0.3, -0.25) is 4.90 Å². The molecule has 0 bridgehead atoms. The predicted molar refractivity (Wildman–Crippen MR) is 88.9 cm³/mol. The molecular weight excluding hydrogens is 256 g/mol. The molecule has 1 aliphatic rings. The molecule has 2 aromatic rings. The maximum atomic E-state index is 5.89. The third-order valence-corrected chi connectivity index (χ3v) is 4.22. The summed E-state index contributed by atoms with van der Waals surface area (Å²) in [6, 6.07) is 18.1. The number of anilines is 1. The van der Waals surface area contributed by atoms with Gasteiger partial charge in [-0.2, -0.15) is 0 Å². The topological polar surface area (TPSA) is 29.3 Å². The SMILES string of the molecule is CCc1ccc(CN(Cc2cccc(N)c2)C2CC2)cc1. The third kappa shape index (κ3) is 3.85. The summed E-state index contributed by atoms with van der Waals surface area (Å²) in [6.45, 7) is 4.22. The Balaban J connectivity index is 1.69. The molecule has 110 valence electrons. The van der Waals surface area contributed by atoms with E-state index < -0.39 is 0 Å². The van der Waals surface area contributed by atoms with Crippen LogP contribution < -0.4 is 5.73 Å². The summed E-state index contributed by atoms with van der Waals surface area (Å²) in [6.07, 6.45) is 3.76. The highest BCUT2D eigenvalue weighted by Gasteiger charge is 2.28. The zero-order valence-electron chi connectivity index (χ0n) is 12.8. The van der Waals surface area contributed by atoms with Crippen LogP contribution in [0.2, 0.25) is 0 Å². The predicted octanol–water partition coefficient (Wildman–Crippen LogP) is 4.00. The van der Waals surface area contributed by atoms with Gasteiger partial charge in [0.15, 0.2) is 0 Å². The molecule has 1 fully saturated rings. The van der Waals surface area contributed by atoms with Crippen molar-refractivity contribution in [2.24, 2.45) is 0 Å². The normalized spacial score (nSPS) is 14.6. The van der Waals surface area contributed by atoms with Crippen LogP contribution in [0.1, 0.15) is 36.5 Å². The molecule has 2 heteroatoms. The van der Waals surface area contributed by atoms with Crippen molar-refractivity contribution in [1.29, 1.82) is 0 Å². The van der Waals surface area contributed by atoms with Crippen molar-refractivity contribution < 1.29 is 0 Å². The van der Waals surface area contributed by atoms with Gasteiger partial charge in [0, 0.05) is 24.8 Å². The summed E-state index contributed by atoms with van der Waals surface area (Å²) in [7, 11) is 0. The van der Waals surface area contributed by atoms with Crippen LogP contribution in [0.15, 0.2) is 48.5 Å². The van der Waals surface area contributed by atoms with Crippen molar-refractivity contribution in [2.45, 2.75) is 45.3 Å². The van der Waals surface area contributed by atoms with Crippen molar-refractivity contribution in [1.82, 2.24) is 4.90 Å². The van der Waals surface area contributed by atoms with Gasteiger partial charge in [0.1, 0.15) is 0 Å². The first-order valence-corrected chi connectivity index (χ1v) is 7.91. The Kier molecular flexibility index (Phi) is 4.26. The maximum absolute atomic E-state index is 5.89. The summed E-state index contributed by atoms with van der Waals surface area (Å²) in [5.41, 5.74) is 10.9. The van der Waals surface area contributed by atoms with Crippen LogP contribution in [0.5, 0.6) is 0 Å². The Morgan fingerprint density at radius 1 is 0.952 bits per heavy atom. The highest BCUT2D eigenvalue weighted by molar-refractivity contribution is 5.40. The average Bonchev–Trinajstić information content (AvgIpc) is 3.32. The van der Waals surface area contributed by atoms with Crippen LogP contribution in [-0.2, 0) is 19.5 Å². The fourth-order valence-corrected chi connectivity index (χ4v) is 2.79. The first-order valence-electron chi connectivity index (χ1n) is 7.91. The van der Waals surface area contributed by atoms with Crippen LogP contribution in [0.4, 0.5) is 5.69 Å². The summed E-state index contributed by atoms with van der Waals surface area (Å²) in [5.74, 6) is 0. The smallest absolute Gasteiger partial charge is 0.0317 e. The number of aryl methyl sites for hydroxylation is 1. The van der Waals surface area contributed by atoms with E-state index in [1.54, 1.807) is 0 Å². The minimum absolute atomic E-state index is 0.747. The van der Waals surface area contributed by atoms with Crippen LogP contribution in [0.25, 0.3) is 0 Å². The van der Waals surface area contributed by atoms with Crippen LogP contribution >= 0.6 is 0 Å². The monoisotopic (exact) mass is 280 g/mol. The Hall–Kier alpha value is -1.80. The number of nitrogen functional groups attached to an aromatic ring is 1. The van der Waals surface area contributed by atoms with Crippen molar-refractivity contribution in [3.05, 3.63) is 65.2 Å². The van der Waals surface area contributed by atoms with Gasteiger partial charge in [-0.1, -0.05) is 43.3 Å². The second kappa shape index (κ2) is 6.31. The Bertz CT molecular complexity index is 585. The number of nitrogens with two attached hydrogens (primary N) is 1. The lowest BCUT2D eigenvalue weighted by molar-refractivity contribution is 0.246. The quantitative estimate of drug-likeness (QED) is 0.810. The summed E-state index contributed by atoms with van der Waals surface area (Å²) in [4.78, 5) is 2.58. The minimum Gasteiger partial charge on any atom is -0.399 e. The molecular formula is C19H24N2. The number of hydrogen-bond acceptors (Lipinski definition) is 2. The maximum Gasteiger partial charge on any atom is 0.0317 e. The van der Waals surface area contributed by atoms with E-state index in [2.05, 4.69) is 48.2 Å². The Labute approximate surface area is 127 Å². The van der Waals surface area contributed by atoms with Gasteiger partial charge in [0.25, 0.3) is 0 Å². The lowest BCUT2D eigenvalue weighted by Crippen LogP contribution is -2.25. The molecule has 2 nitrogen and oxygen atoms in total. The molecule has 0 amide bonds. The molecule has 0 heterocycles. The minimum atomic E-state index is 0.747. The summed E-state index contributed by atoms with van der Waals surface area (Å²) < 4.78 is 0. The van der Waals surface area contributed by atoms with Crippen molar-refractivity contribution in [3.63, 3.8) is 0 Å². The van der Waals surface area contributed by atoms with E-state index in [0.29, 0.717) is 0 Å². The van der Waals surface area contributed by atoms with Gasteiger partial charge in [-0.15, -0.1) is 0 Å². The van der Waals surface area contributed by atoms with Crippen LogP contribution in [-0.4, -0.2) is 10.9 Å². The second-order valence-corrected chi connectivity index (χ2v) is 6.05. The van der Waals surface area contributed by atoms with Gasteiger partial charge in [0.2, 0.25) is 0 Å². The lowest BCUT2D eigenvalue weighted by atomic mass is 10.1. The molecule has 0 saturated heterocycles. The van der Waals surface area contributed by atoms with E-state index >= 15 is 0 Å². The largest absolute Gasteiger partial charge is 0.399 e. The van der Waals surface area contributed by atoms with Crippen LogP contribution in [0, 0.1) is 0 Å². The average molecular weight is 280 g/mol. The number of nitrogens with zero attached hydrogens (tertiary/aromatic N) is 1.